The Morgan fingerprint density at radius 1 is 1.38 bits per heavy atom. The van der Waals surface area contributed by atoms with E-state index in [0.29, 0.717) is 24.6 Å². The van der Waals surface area contributed by atoms with Crippen molar-refractivity contribution in [3.8, 4) is 11.5 Å². The van der Waals surface area contributed by atoms with Crippen LogP contribution in [0.4, 0.5) is 11.6 Å². The minimum Gasteiger partial charge on any atom is -0.504 e. The van der Waals surface area contributed by atoms with Crippen molar-refractivity contribution in [2.24, 2.45) is 7.05 Å². The Morgan fingerprint density at radius 3 is 2.71 bits per heavy atom. The monoisotopic (exact) mass is 292 g/mol. The van der Waals surface area contributed by atoms with Gasteiger partial charge >= 0.3 is 5.82 Å². The summed E-state index contributed by atoms with van der Waals surface area (Å²) in [6.07, 6.45) is 0.537. The van der Waals surface area contributed by atoms with Gasteiger partial charge in [0.15, 0.2) is 11.5 Å². The Morgan fingerprint density at radius 2 is 2.10 bits per heavy atom. The molecule has 3 N–H and O–H groups in total. The summed E-state index contributed by atoms with van der Waals surface area (Å²) in [5.74, 6) is 0.329. The molecule has 2 aromatic rings. The molecule has 0 amide bonds. The van der Waals surface area contributed by atoms with Gasteiger partial charge in [-0.15, -0.1) is 0 Å². The normalized spacial score (nSPS) is 10.6. The van der Waals surface area contributed by atoms with Crippen LogP contribution in [0.15, 0.2) is 18.2 Å². The Balaban J connectivity index is 2.06. The van der Waals surface area contributed by atoms with Gasteiger partial charge in [-0.1, -0.05) is 6.07 Å². The zero-order chi connectivity index (χ0) is 15.6. The fourth-order valence-electron chi connectivity index (χ4n) is 1.97. The first-order valence-electron chi connectivity index (χ1n) is 6.32. The average molecular weight is 292 g/mol. The number of benzene rings is 1. The maximum Gasteiger partial charge on any atom is 0.406 e. The van der Waals surface area contributed by atoms with Crippen molar-refractivity contribution < 1.29 is 15.1 Å². The SMILES string of the molecule is Cc1nc([N+](=O)[O-])c(NCCc2ccc(O)c(O)c2)n1C. The predicted octanol–water partition coefficient (Wildman–Crippen LogP) is 1.70. The highest BCUT2D eigenvalue weighted by atomic mass is 16.6. The first-order chi connectivity index (χ1) is 9.90. The van der Waals surface area contributed by atoms with Crippen molar-refractivity contribution in [3.05, 3.63) is 39.7 Å². The molecular formula is C13H16N4O4. The molecular weight excluding hydrogens is 276 g/mol. The summed E-state index contributed by atoms with van der Waals surface area (Å²) in [5, 5.41) is 32.6. The highest BCUT2D eigenvalue weighted by Crippen LogP contribution is 2.26. The standard InChI is InChI=1S/C13H16N4O4/c1-8-15-13(17(20)21)12(16(8)2)14-6-5-9-3-4-10(18)11(19)7-9/h3-4,7,14,18-19H,5-6H2,1-2H3. The second kappa shape index (κ2) is 5.70. The number of nitro groups is 1. The van der Waals surface area contributed by atoms with E-state index in [1.807, 2.05) is 0 Å². The molecule has 0 radical (unpaired) electrons. The van der Waals surface area contributed by atoms with Crippen LogP contribution in [0, 0.1) is 17.0 Å². The van der Waals surface area contributed by atoms with Crippen LogP contribution < -0.4 is 5.32 Å². The summed E-state index contributed by atoms with van der Waals surface area (Å²) < 4.78 is 1.62. The van der Waals surface area contributed by atoms with E-state index in [4.69, 9.17) is 0 Å². The van der Waals surface area contributed by atoms with Gasteiger partial charge in [-0.3, -0.25) is 4.57 Å². The van der Waals surface area contributed by atoms with Crippen LogP contribution in [-0.4, -0.2) is 31.2 Å². The van der Waals surface area contributed by atoms with Crippen LogP contribution >= 0.6 is 0 Å². The number of hydrogen-bond acceptors (Lipinski definition) is 6. The lowest BCUT2D eigenvalue weighted by Crippen LogP contribution is -2.10. The summed E-state index contributed by atoms with van der Waals surface area (Å²) in [6, 6.07) is 4.54. The number of aromatic hydroxyl groups is 2. The van der Waals surface area contributed by atoms with Gasteiger partial charge in [-0.2, -0.15) is 0 Å². The number of rotatable bonds is 5. The summed E-state index contributed by atoms with van der Waals surface area (Å²) in [5.41, 5.74) is 0.805. The minimum atomic E-state index is -0.526. The number of nitrogens with one attached hydrogen (secondary N) is 1. The van der Waals surface area contributed by atoms with E-state index in [1.165, 1.54) is 12.1 Å². The first-order valence-corrected chi connectivity index (χ1v) is 6.32. The summed E-state index contributed by atoms with van der Waals surface area (Å²) in [6.45, 7) is 2.13. The largest absolute Gasteiger partial charge is 0.504 e. The van der Waals surface area contributed by atoms with Gasteiger partial charge in [0.25, 0.3) is 0 Å². The lowest BCUT2D eigenvalue weighted by atomic mass is 10.1. The maximum atomic E-state index is 10.9. The number of phenolic OH excluding ortho intramolecular Hbond substituents is 2. The Labute approximate surface area is 120 Å². The Kier molecular flexibility index (Phi) is 3.97. The van der Waals surface area contributed by atoms with E-state index in [2.05, 4.69) is 10.3 Å². The molecule has 112 valence electrons. The lowest BCUT2D eigenvalue weighted by molar-refractivity contribution is -0.388. The third kappa shape index (κ3) is 3.04. The molecule has 0 aliphatic heterocycles. The second-order valence-electron chi connectivity index (χ2n) is 4.65. The van der Waals surface area contributed by atoms with Gasteiger partial charge in [0.05, 0.1) is 0 Å². The van der Waals surface area contributed by atoms with Crippen LogP contribution in [-0.2, 0) is 13.5 Å². The first kappa shape index (κ1) is 14.6. The third-order valence-corrected chi connectivity index (χ3v) is 3.22. The number of imidazole rings is 1. The summed E-state index contributed by atoms with van der Waals surface area (Å²) in [7, 11) is 1.70. The zero-order valence-electron chi connectivity index (χ0n) is 11.7. The molecule has 0 aliphatic carbocycles. The fraction of sp³-hybridized carbons (Fsp3) is 0.308. The molecule has 1 heterocycles. The van der Waals surface area contributed by atoms with Crippen molar-refractivity contribution in [2.75, 3.05) is 11.9 Å². The van der Waals surface area contributed by atoms with E-state index in [1.54, 1.807) is 24.6 Å². The van der Waals surface area contributed by atoms with E-state index in [0.717, 1.165) is 5.56 Å². The van der Waals surface area contributed by atoms with Crippen LogP contribution in [0.3, 0.4) is 0 Å². The van der Waals surface area contributed by atoms with Gasteiger partial charge in [-0.25, -0.2) is 0 Å². The summed E-state index contributed by atoms with van der Waals surface area (Å²) >= 11 is 0. The molecule has 0 saturated carbocycles. The number of anilines is 1. The molecule has 0 unspecified atom stereocenters. The molecule has 0 aliphatic rings. The Hall–Kier alpha value is -2.77. The van der Waals surface area contributed by atoms with Gasteiger partial charge in [-0.05, 0) is 34.0 Å². The van der Waals surface area contributed by atoms with Crippen LogP contribution in [0.2, 0.25) is 0 Å². The molecule has 21 heavy (non-hydrogen) atoms. The van der Waals surface area contributed by atoms with E-state index < -0.39 is 4.92 Å². The number of aryl methyl sites for hydroxylation is 1. The number of hydrogen-bond donors (Lipinski definition) is 3. The van der Waals surface area contributed by atoms with E-state index >= 15 is 0 Å². The maximum absolute atomic E-state index is 10.9. The quantitative estimate of drug-likeness (QED) is 0.439. The molecule has 8 heteroatoms. The molecule has 0 spiro atoms. The molecule has 8 nitrogen and oxygen atoms in total. The van der Waals surface area contributed by atoms with Crippen molar-refractivity contribution in [1.29, 1.82) is 0 Å². The van der Waals surface area contributed by atoms with Gasteiger partial charge < -0.3 is 25.6 Å². The fourth-order valence-corrected chi connectivity index (χ4v) is 1.97. The lowest BCUT2D eigenvalue weighted by Gasteiger charge is -2.07. The number of phenols is 2. The molecule has 0 fully saturated rings. The topological polar surface area (TPSA) is 113 Å². The number of aromatic nitrogens is 2. The predicted molar refractivity (Wildman–Crippen MR) is 76.6 cm³/mol. The molecule has 1 aromatic heterocycles. The molecule has 0 atom stereocenters. The van der Waals surface area contributed by atoms with Gasteiger partial charge in [0.1, 0.15) is 0 Å². The van der Waals surface area contributed by atoms with Crippen molar-refractivity contribution >= 4 is 11.6 Å². The smallest absolute Gasteiger partial charge is 0.406 e. The van der Waals surface area contributed by atoms with Crippen LogP contribution in [0.1, 0.15) is 11.4 Å². The van der Waals surface area contributed by atoms with E-state index in [-0.39, 0.29) is 17.3 Å². The van der Waals surface area contributed by atoms with E-state index in [9.17, 15) is 20.3 Å². The van der Waals surface area contributed by atoms with Crippen molar-refractivity contribution in [1.82, 2.24) is 9.55 Å². The summed E-state index contributed by atoms with van der Waals surface area (Å²) in [4.78, 5) is 14.3. The molecule has 0 saturated heterocycles. The molecule has 2 rings (SSSR count). The van der Waals surface area contributed by atoms with Crippen molar-refractivity contribution in [3.63, 3.8) is 0 Å². The van der Waals surface area contributed by atoms with Gasteiger partial charge in [0, 0.05) is 20.5 Å². The third-order valence-electron chi connectivity index (χ3n) is 3.22. The molecule has 0 bridgehead atoms. The highest BCUT2D eigenvalue weighted by molar-refractivity contribution is 5.53. The second-order valence-corrected chi connectivity index (χ2v) is 4.65. The number of nitrogens with zero attached hydrogens (tertiary/aromatic N) is 3. The zero-order valence-corrected chi connectivity index (χ0v) is 11.7. The van der Waals surface area contributed by atoms with Crippen molar-refractivity contribution in [2.45, 2.75) is 13.3 Å². The minimum absolute atomic E-state index is 0.176. The Bertz CT molecular complexity index is 681. The van der Waals surface area contributed by atoms with Gasteiger partial charge in [0.2, 0.25) is 11.6 Å². The highest BCUT2D eigenvalue weighted by Gasteiger charge is 2.22. The molecule has 1 aromatic carbocycles. The van der Waals surface area contributed by atoms with Crippen LogP contribution in [0.5, 0.6) is 11.5 Å². The van der Waals surface area contributed by atoms with Crippen LogP contribution in [0.25, 0.3) is 0 Å². The average Bonchev–Trinajstić information content (AvgIpc) is 2.71.